The van der Waals surface area contributed by atoms with E-state index in [0.717, 1.165) is 24.5 Å². The second-order valence-electron chi connectivity index (χ2n) is 4.68. The van der Waals surface area contributed by atoms with Gasteiger partial charge < -0.3 is 10.2 Å². The molecular formula is C14H23ClN2. The molecule has 0 amide bonds. The van der Waals surface area contributed by atoms with Crippen LogP contribution in [0.25, 0.3) is 0 Å². The van der Waals surface area contributed by atoms with E-state index >= 15 is 0 Å². The van der Waals surface area contributed by atoms with E-state index in [1.54, 1.807) is 0 Å². The van der Waals surface area contributed by atoms with Gasteiger partial charge in [-0.3, -0.25) is 0 Å². The van der Waals surface area contributed by atoms with Crippen LogP contribution in [0.5, 0.6) is 0 Å². The third kappa shape index (κ3) is 6.06. The van der Waals surface area contributed by atoms with Gasteiger partial charge in [0.05, 0.1) is 0 Å². The molecule has 0 heterocycles. The van der Waals surface area contributed by atoms with Crippen molar-refractivity contribution in [1.82, 2.24) is 10.2 Å². The van der Waals surface area contributed by atoms with Crippen LogP contribution in [0, 0.1) is 0 Å². The lowest BCUT2D eigenvalue weighted by Crippen LogP contribution is -2.34. The lowest BCUT2D eigenvalue weighted by molar-refractivity contribution is 0.358. The molecule has 1 N–H and O–H groups in total. The van der Waals surface area contributed by atoms with Crippen molar-refractivity contribution in [3.63, 3.8) is 0 Å². The van der Waals surface area contributed by atoms with E-state index < -0.39 is 0 Å². The molecule has 0 aliphatic heterocycles. The SMILES string of the molecule is CCNC(CCN(C)C)Cc1ccc(Cl)cc1. The average Bonchev–Trinajstić information content (AvgIpc) is 2.29. The zero-order valence-electron chi connectivity index (χ0n) is 11.0. The Balaban J connectivity index is 2.50. The van der Waals surface area contributed by atoms with Crippen molar-refractivity contribution in [3.8, 4) is 0 Å². The van der Waals surface area contributed by atoms with Crippen molar-refractivity contribution in [2.24, 2.45) is 0 Å². The van der Waals surface area contributed by atoms with Crippen LogP contribution in [0.15, 0.2) is 24.3 Å². The Hall–Kier alpha value is -0.570. The van der Waals surface area contributed by atoms with Crippen molar-refractivity contribution in [2.75, 3.05) is 27.2 Å². The minimum absolute atomic E-state index is 0.545. The molecular weight excluding hydrogens is 232 g/mol. The van der Waals surface area contributed by atoms with Crippen LogP contribution in [0.3, 0.4) is 0 Å². The van der Waals surface area contributed by atoms with Crippen molar-refractivity contribution >= 4 is 11.6 Å². The fourth-order valence-electron chi connectivity index (χ4n) is 1.88. The highest BCUT2D eigenvalue weighted by Gasteiger charge is 2.08. The molecule has 0 aromatic heterocycles. The number of rotatable bonds is 7. The monoisotopic (exact) mass is 254 g/mol. The van der Waals surface area contributed by atoms with E-state index in [1.165, 1.54) is 12.0 Å². The highest BCUT2D eigenvalue weighted by Crippen LogP contribution is 2.12. The van der Waals surface area contributed by atoms with Gasteiger partial charge in [0.1, 0.15) is 0 Å². The van der Waals surface area contributed by atoms with Gasteiger partial charge in [-0.25, -0.2) is 0 Å². The molecule has 3 heteroatoms. The molecule has 1 rings (SSSR count). The van der Waals surface area contributed by atoms with Gasteiger partial charge in [0, 0.05) is 11.1 Å². The number of halogens is 1. The van der Waals surface area contributed by atoms with Crippen LogP contribution in [-0.4, -0.2) is 38.1 Å². The normalized spacial score (nSPS) is 13.0. The van der Waals surface area contributed by atoms with Crippen molar-refractivity contribution in [3.05, 3.63) is 34.9 Å². The number of nitrogens with zero attached hydrogens (tertiary/aromatic N) is 1. The largest absolute Gasteiger partial charge is 0.314 e. The Morgan fingerprint density at radius 3 is 2.41 bits per heavy atom. The van der Waals surface area contributed by atoms with Crippen molar-refractivity contribution in [2.45, 2.75) is 25.8 Å². The number of likely N-dealkylation sites (N-methyl/N-ethyl adjacent to an activating group) is 1. The topological polar surface area (TPSA) is 15.3 Å². The zero-order chi connectivity index (χ0) is 12.7. The zero-order valence-corrected chi connectivity index (χ0v) is 11.8. The van der Waals surface area contributed by atoms with Gasteiger partial charge in [-0.05, 0) is 57.7 Å². The molecule has 0 aliphatic carbocycles. The van der Waals surface area contributed by atoms with Crippen LogP contribution in [0.1, 0.15) is 18.9 Å². The van der Waals surface area contributed by atoms with E-state index in [4.69, 9.17) is 11.6 Å². The van der Waals surface area contributed by atoms with Crippen LogP contribution < -0.4 is 5.32 Å². The van der Waals surface area contributed by atoms with Gasteiger partial charge in [0.15, 0.2) is 0 Å². The van der Waals surface area contributed by atoms with E-state index in [-0.39, 0.29) is 0 Å². The Kier molecular flexibility index (Phi) is 6.56. The van der Waals surface area contributed by atoms with Gasteiger partial charge in [0.25, 0.3) is 0 Å². The first-order chi connectivity index (χ1) is 8.11. The fourth-order valence-corrected chi connectivity index (χ4v) is 2.01. The molecule has 1 atom stereocenters. The Bertz CT molecular complexity index is 309. The van der Waals surface area contributed by atoms with Gasteiger partial charge in [-0.15, -0.1) is 0 Å². The van der Waals surface area contributed by atoms with Crippen molar-refractivity contribution < 1.29 is 0 Å². The highest BCUT2D eigenvalue weighted by atomic mass is 35.5. The lowest BCUT2D eigenvalue weighted by atomic mass is 10.0. The molecule has 0 aliphatic rings. The molecule has 0 radical (unpaired) electrons. The maximum atomic E-state index is 5.89. The standard InChI is InChI=1S/C14H23ClN2/c1-4-16-14(9-10-17(2)3)11-12-5-7-13(15)8-6-12/h5-8,14,16H,4,9-11H2,1-3H3. The summed E-state index contributed by atoms with van der Waals surface area (Å²) in [7, 11) is 4.23. The number of nitrogens with one attached hydrogen (secondary N) is 1. The molecule has 1 aromatic rings. The van der Waals surface area contributed by atoms with Crippen LogP contribution in [0.2, 0.25) is 5.02 Å². The second-order valence-corrected chi connectivity index (χ2v) is 5.11. The number of benzene rings is 1. The van der Waals surface area contributed by atoms with Gasteiger partial charge >= 0.3 is 0 Å². The molecule has 2 nitrogen and oxygen atoms in total. The quantitative estimate of drug-likeness (QED) is 0.805. The lowest BCUT2D eigenvalue weighted by Gasteiger charge is -2.20. The third-order valence-corrected chi connectivity index (χ3v) is 3.06. The Morgan fingerprint density at radius 1 is 1.24 bits per heavy atom. The van der Waals surface area contributed by atoms with Crippen molar-refractivity contribution in [1.29, 1.82) is 0 Å². The van der Waals surface area contributed by atoms with E-state index in [1.807, 2.05) is 12.1 Å². The summed E-state index contributed by atoms with van der Waals surface area (Å²) in [5.74, 6) is 0. The summed E-state index contributed by atoms with van der Waals surface area (Å²) < 4.78 is 0. The summed E-state index contributed by atoms with van der Waals surface area (Å²) in [5.41, 5.74) is 1.35. The molecule has 17 heavy (non-hydrogen) atoms. The predicted molar refractivity (Wildman–Crippen MR) is 75.8 cm³/mol. The highest BCUT2D eigenvalue weighted by molar-refractivity contribution is 6.30. The second kappa shape index (κ2) is 7.70. The molecule has 96 valence electrons. The maximum absolute atomic E-state index is 5.89. The Morgan fingerprint density at radius 2 is 1.88 bits per heavy atom. The molecule has 0 fully saturated rings. The summed E-state index contributed by atoms with van der Waals surface area (Å²) in [6.45, 7) is 4.29. The van der Waals surface area contributed by atoms with Gasteiger partial charge in [-0.1, -0.05) is 30.7 Å². The van der Waals surface area contributed by atoms with Crippen LogP contribution in [-0.2, 0) is 6.42 Å². The summed E-state index contributed by atoms with van der Waals surface area (Å²) in [4.78, 5) is 2.23. The summed E-state index contributed by atoms with van der Waals surface area (Å²) in [6, 6.07) is 8.70. The summed E-state index contributed by atoms with van der Waals surface area (Å²) >= 11 is 5.89. The predicted octanol–water partition coefficient (Wildman–Crippen LogP) is 2.81. The third-order valence-electron chi connectivity index (χ3n) is 2.81. The minimum Gasteiger partial charge on any atom is -0.314 e. The molecule has 1 aromatic carbocycles. The summed E-state index contributed by atoms with van der Waals surface area (Å²) in [5, 5.41) is 4.35. The van der Waals surface area contributed by atoms with E-state index in [9.17, 15) is 0 Å². The smallest absolute Gasteiger partial charge is 0.0406 e. The molecule has 0 saturated heterocycles. The molecule has 0 bridgehead atoms. The Labute approximate surface area is 110 Å². The van der Waals surface area contributed by atoms with Gasteiger partial charge in [0.2, 0.25) is 0 Å². The number of hydrogen-bond acceptors (Lipinski definition) is 2. The van der Waals surface area contributed by atoms with Gasteiger partial charge in [-0.2, -0.15) is 0 Å². The van der Waals surface area contributed by atoms with Crippen LogP contribution in [0.4, 0.5) is 0 Å². The first-order valence-electron chi connectivity index (χ1n) is 6.24. The molecule has 1 unspecified atom stereocenters. The van der Waals surface area contributed by atoms with E-state index in [2.05, 4.69) is 43.4 Å². The minimum atomic E-state index is 0.545. The first-order valence-corrected chi connectivity index (χ1v) is 6.62. The van der Waals surface area contributed by atoms with E-state index in [0.29, 0.717) is 6.04 Å². The average molecular weight is 255 g/mol. The molecule has 0 spiro atoms. The maximum Gasteiger partial charge on any atom is 0.0406 e. The van der Waals surface area contributed by atoms with Crippen LogP contribution >= 0.6 is 11.6 Å². The fraction of sp³-hybridized carbons (Fsp3) is 0.571. The number of hydrogen-bond donors (Lipinski definition) is 1. The molecule has 0 saturated carbocycles. The summed E-state index contributed by atoms with van der Waals surface area (Å²) in [6.07, 6.45) is 2.24. The first kappa shape index (κ1) is 14.5.